The summed E-state index contributed by atoms with van der Waals surface area (Å²) in [4.78, 5) is 12.6. The zero-order chi connectivity index (χ0) is 12.3. The molecule has 1 unspecified atom stereocenters. The third-order valence-corrected chi connectivity index (χ3v) is 3.68. The minimum Gasteiger partial charge on any atom is -0.350 e. The van der Waals surface area contributed by atoms with Gasteiger partial charge in [-0.1, -0.05) is 18.3 Å². The van der Waals surface area contributed by atoms with Crippen LogP contribution in [0, 0.1) is 0 Å². The van der Waals surface area contributed by atoms with E-state index in [1.165, 1.54) is 18.0 Å². The lowest BCUT2D eigenvalue weighted by molar-refractivity contribution is 0.0953. The van der Waals surface area contributed by atoms with E-state index >= 15 is 0 Å². The monoisotopic (exact) mass is 254 g/mol. The molecule has 0 bridgehead atoms. The highest BCUT2D eigenvalue weighted by Gasteiger charge is 2.20. The van der Waals surface area contributed by atoms with Crippen molar-refractivity contribution in [1.82, 2.24) is 20.2 Å². The van der Waals surface area contributed by atoms with Gasteiger partial charge in [0.1, 0.15) is 4.88 Å². The van der Waals surface area contributed by atoms with Crippen molar-refractivity contribution in [2.24, 2.45) is 0 Å². The maximum Gasteiger partial charge on any atom is 0.265 e. The summed E-state index contributed by atoms with van der Waals surface area (Å²) in [6.07, 6.45) is 2.33. The van der Waals surface area contributed by atoms with Crippen LogP contribution in [-0.4, -0.2) is 34.6 Å². The maximum atomic E-state index is 12.0. The summed E-state index contributed by atoms with van der Waals surface area (Å²) in [5.41, 5.74) is 0.798. The Balaban J connectivity index is 1.92. The first-order valence-electron chi connectivity index (χ1n) is 6.02. The van der Waals surface area contributed by atoms with Gasteiger partial charge in [-0.05, 0) is 36.8 Å². The van der Waals surface area contributed by atoms with Crippen LogP contribution in [0.25, 0.3) is 0 Å². The van der Waals surface area contributed by atoms with Crippen molar-refractivity contribution in [1.29, 1.82) is 0 Å². The fraction of sp³-hybridized carbons (Fsp3) is 0.727. The van der Waals surface area contributed by atoms with E-state index in [1.54, 1.807) is 0 Å². The fourth-order valence-electron chi connectivity index (χ4n) is 1.96. The Morgan fingerprint density at radius 1 is 1.65 bits per heavy atom. The van der Waals surface area contributed by atoms with Gasteiger partial charge in [-0.25, -0.2) is 0 Å². The van der Waals surface area contributed by atoms with E-state index in [9.17, 15) is 4.79 Å². The Bertz CT molecular complexity index is 385. The smallest absolute Gasteiger partial charge is 0.265 e. The summed E-state index contributed by atoms with van der Waals surface area (Å²) in [6.45, 7) is 5.78. The van der Waals surface area contributed by atoms with Crippen molar-refractivity contribution in [2.45, 2.75) is 38.6 Å². The molecule has 1 saturated heterocycles. The Kier molecular flexibility index (Phi) is 4.06. The first-order valence-corrected chi connectivity index (χ1v) is 6.79. The molecule has 1 fully saturated rings. The van der Waals surface area contributed by atoms with Crippen molar-refractivity contribution in [3.63, 3.8) is 0 Å². The molecular weight excluding hydrogens is 236 g/mol. The number of nitrogens with zero attached hydrogens (tertiary/aromatic N) is 2. The van der Waals surface area contributed by atoms with Crippen LogP contribution in [0.5, 0.6) is 0 Å². The summed E-state index contributed by atoms with van der Waals surface area (Å²) in [6, 6.07) is 0.419. The van der Waals surface area contributed by atoms with Gasteiger partial charge in [0, 0.05) is 12.6 Å². The molecule has 2 rings (SSSR count). The zero-order valence-corrected chi connectivity index (χ0v) is 11.0. The van der Waals surface area contributed by atoms with Crippen molar-refractivity contribution < 1.29 is 4.79 Å². The van der Waals surface area contributed by atoms with Gasteiger partial charge < -0.3 is 10.6 Å². The van der Waals surface area contributed by atoms with Gasteiger partial charge in [0.05, 0.1) is 5.69 Å². The molecule has 17 heavy (non-hydrogen) atoms. The van der Waals surface area contributed by atoms with Crippen LogP contribution in [0.3, 0.4) is 0 Å². The van der Waals surface area contributed by atoms with E-state index in [2.05, 4.69) is 20.2 Å². The molecule has 1 aliphatic heterocycles. The maximum absolute atomic E-state index is 12.0. The lowest BCUT2D eigenvalue weighted by atomic mass is 10.1. The second-order valence-corrected chi connectivity index (χ2v) is 5.40. The summed E-state index contributed by atoms with van der Waals surface area (Å²) in [5.74, 6) is 0.191. The second-order valence-electron chi connectivity index (χ2n) is 4.65. The van der Waals surface area contributed by atoms with Crippen LogP contribution in [0.1, 0.15) is 48.0 Å². The summed E-state index contributed by atoms with van der Waals surface area (Å²) in [7, 11) is 0. The molecule has 2 N–H and O–H groups in total. The minimum absolute atomic E-state index is 0.0441. The van der Waals surface area contributed by atoms with Gasteiger partial charge in [0.25, 0.3) is 5.91 Å². The van der Waals surface area contributed by atoms with Gasteiger partial charge in [0.2, 0.25) is 0 Å². The van der Waals surface area contributed by atoms with Crippen molar-refractivity contribution in [2.75, 3.05) is 13.1 Å². The Morgan fingerprint density at radius 3 is 3.12 bits per heavy atom. The second kappa shape index (κ2) is 5.55. The number of rotatable bonds is 4. The Hall–Kier alpha value is -1.01. The minimum atomic E-state index is -0.0441. The fourth-order valence-corrected chi connectivity index (χ4v) is 2.70. The van der Waals surface area contributed by atoms with Crippen LogP contribution in [0.2, 0.25) is 0 Å². The van der Waals surface area contributed by atoms with E-state index < -0.39 is 0 Å². The van der Waals surface area contributed by atoms with Gasteiger partial charge in [-0.3, -0.25) is 4.79 Å². The lowest BCUT2D eigenvalue weighted by Crippen LogP contribution is -2.37. The Morgan fingerprint density at radius 2 is 2.47 bits per heavy atom. The quantitative estimate of drug-likeness (QED) is 0.845. The average Bonchev–Trinajstić information content (AvgIpc) is 2.96. The van der Waals surface area contributed by atoms with Crippen LogP contribution >= 0.6 is 11.5 Å². The number of nitrogens with one attached hydrogen (secondary N) is 2. The SMILES string of the molecule is CC(C)c1nnsc1C(=O)NCC1CCCN1. The normalized spacial score (nSPS) is 19.8. The number of carbonyl (C=O) groups is 1. The predicted octanol–water partition coefficient (Wildman–Crippen LogP) is 1.14. The molecule has 0 saturated carbocycles. The summed E-state index contributed by atoms with van der Waals surface area (Å²) in [5, 5.41) is 10.3. The molecular formula is C11H18N4OS. The first kappa shape index (κ1) is 12.4. The number of hydrogen-bond acceptors (Lipinski definition) is 5. The van der Waals surface area contributed by atoms with Crippen LogP contribution in [-0.2, 0) is 0 Å². The largest absolute Gasteiger partial charge is 0.350 e. The van der Waals surface area contributed by atoms with E-state index in [-0.39, 0.29) is 11.8 Å². The molecule has 1 aromatic rings. The molecule has 1 amide bonds. The highest BCUT2D eigenvalue weighted by atomic mass is 32.1. The third-order valence-electron chi connectivity index (χ3n) is 2.94. The Labute approximate surface area is 105 Å². The van der Waals surface area contributed by atoms with Crippen LogP contribution < -0.4 is 10.6 Å². The summed E-state index contributed by atoms with van der Waals surface area (Å²) < 4.78 is 3.86. The van der Waals surface area contributed by atoms with Crippen LogP contribution in [0.15, 0.2) is 0 Å². The highest BCUT2D eigenvalue weighted by molar-refractivity contribution is 7.08. The molecule has 94 valence electrons. The number of aromatic nitrogens is 2. The van der Waals surface area contributed by atoms with Crippen molar-refractivity contribution in [3.8, 4) is 0 Å². The standard InChI is InChI=1S/C11H18N4OS/c1-7(2)9-10(17-15-14-9)11(16)13-6-8-4-3-5-12-8/h7-8,12H,3-6H2,1-2H3,(H,13,16). The van der Waals surface area contributed by atoms with Crippen LogP contribution in [0.4, 0.5) is 0 Å². The topological polar surface area (TPSA) is 66.9 Å². The molecule has 0 aliphatic carbocycles. The summed E-state index contributed by atoms with van der Waals surface area (Å²) >= 11 is 1.17. The van der Waals surface area contributed by atoms with E-state index in [1.807, 2.05) is 13.8 Å². The van der Waals surface area contributed by atoms with Gasteiger partial charge in [0.15, 0.2) is 0 Å². The van der Waals surface area contributed by atoms with Gasteiger partial charge >= 0.3 is 0 Å². The first-order chi connectivity index (χ1) is 8.18. The predicted molar refractivity (Wildman–Crippen MR) is 67.4 cm³/mol. The lowest BCUT2D eigenvalue weighted by Gasteiger charge is -2.11. The molecule has 1 atom stereocenters. The molecule has 1 aliphatic rings. The van der Waals surface area contributed by atoms with Gasteiger partial charge in [-0.2, -0.15) is 0 Å². The van der Waals surface area contributed by atoms with E-state index in [4.69, 9.17) is 0 Å². The number of carbonyl (C=O) groups excluding carboxylic acids is 1. The molecule has 1 aromatic heterocycles. The number of amides is 1. The van der Waals surface area contributed by atoms with Crippen molar-refractivity contribution in [3.05, 3.63) is 10.6 Å². The molecule has 2 heterocycles. The molecule has 0 radical (unpaired) electrons. The van der Waals surface area contributed by atoms with E-state index in [0.29, 0.717) is 17.5 Å². The average molecular weight is 254 g/mol. The molecule has 6 heteroatoms. The molecule has 0 aromatic carbocycles. The van der Waals surface area contributed by atoms with Crippen molar-refractivity contribution >= 4 is 17.4 Å². The molecule has 0 spiro atoms. The third kappa shape index (κ3) is 3.01. The molecule has 5 nitrogen and oxygen atoms in total. The van der Waals surface area contributed by atoms with E-state index in [0.717, 1.165) is 18.7 Å². The highest BCUT2D eigenvalue weighted by Crippen LogP contribution is 2.19. The van der Waals surface area contributed by atoms with Gasteiger partial charge in [-0.15, -0.1) is 5.10 Å². The zero-order valence-electron chi connectivity index (χ0n) is 10.2. The number of hydrogen-bond donors (Lipinski definition) is 2.